The van der Waals surface area contributed by atoms with Crippen LogP contribution in [0.15, 0.2) is 53.0 Å². The maximum Gasteiger partial charge on any atom is 0.103 e. The fourth-order valence-corrected chi connectivity index (χ4v) is 2.44. The van der Waals surface area contributed by atoms with Gasteiger partial charge in [0.25, 0.3) is 0 Å². The Kier molecular flexibility index (Phi) is 2.84. The van der Waals surface area contributed by atoms with E-state index in [9.17, 15) is 0 Å². The Morgan fingerprint density at radius 3 is 2.44 bits per heavy atom. The molecule has 3 heteroatoms. The summed E-state index contributed by atoms with van der Waals surface area (Å²) < 4.78 is 0.982. The van der Waals surface area contributed by atoms with Crippen molar-refractivity contribution in [3.05, 3.63) is 58.7 Å². The monoisotopic (exact) mass is 298 g/mol. The van der Waals surface area contributed by atoms with Gasteiger partial charge in [-0.3, -0.25) is 0 Å². The fraction of sp³-hybridized carbons (Fsp3) is 0.0667. The predicted octanol–water partition coefficient (Wildman–Crippen LogP) is 4.37. The van der Waals surface area contributed by atoms with Crippen LogP contribution in [0, 0.1) is 6.92 Å². The third-order valence-corrected chi connectivity index (χ3v) is 3.51. The van der Waals surface area contributed by atoms with Crippen molar-refractivity contribution in [2.24, 2.45) is 0 Å². The molecule has 3 rings (SSSR count). The van der Waals surface area contributed by atoms with Crippen LogP contribution in [0.25, 0.3) is 22.3 Å². The van der Waals surface area contributed by atoms with Gasteiger partial charge in [-0.05, 0) is 35.0 Å². The lowest BCUT2D eigenvalue weighted by Gasteiger charge is -2.07. The zero-order valence-corrected chi connectivity index (χ0v) is 11.5. The summed E-state index contributed by atoms with van der Waals surface area (Å²) in [6.45, 7) is 1.99. The normalized spacial score (nSPS) is 10.8. The van der Waals surface area contributed by atoms with Gasteiger partial charge in [0.2, 0.25) is 0 Å². The summed E-state index contributed by atoms with van der Waals surface area (Å²) in [5.41, 5.74) is 4.81. The highest BCUT2D eigenvalue weighted by atomic mass is 79.9. The van der Waals surface area contributed by atoms with Crippen molar-refractivity contribution in [1.29, 1.82) is 0 Å². The molecular weight excluding hydrogens is 288 g/mol. The number of hydrogen-bond donors (Lipinski definition) is 0. The molecule has 0 unspecified atom stereocenters. The van der Waals surface area contributed by atoms with E-state index in [1.807, 2.05) is 43.3 Å². The number of halogens is 1. The van der Waals surface area contributed by atoms with Crippen molar-refractivity contribution in [2.45, 2.75) is 6.92 Å². The molecule has 0 aliphatic carbocycles. The second-order valence-corrected chi connectivity index (χ2v) is 4.99. The molecule has 3 aromatic rings. The van der Waals surface area contributed by atoms with Crippen molar-refractivity contribution >= 4 is 27.0 Å². The molecular formula is C15H11BrN2. The Morgan fingerprint density at radius 2 is 1.67 bits per heavy atom. The lowest BCUT2D eigenvalue weighted by molar-refractivity contribution is 1.19. The molecule has 2 nitrogen and oxygen atoms in total. The quantitative estimate of drug-likeness (QED) is 0.667. The standard InChI is InChI=1S/C15H11BrN2/c1-10-14(11-6-3-2-4-7-11)18-13-9-5-8-12(16)15(13)17-10/h2-9H,1H3. The van der Waals surface area contributed by atoms with Crippen LogP contribution in [0.1, 0.15) is 5.69 Å². The topological polar surface area (TPSA) is 25.8 Å². The molecule has 0 aliphatic rings. The van der Waals surface area contributed by atoms with E-state index in [1.165, 1.54) is 0 Å². The lowest BCUT2D eigenvalue weighted by Crippen LogP contribution is -1.94. The summed E-state index contributed by atoms with van der Waals surface area (Å²) in [7, 11) is 0. The average molecular weight is 299 g/mol. The van der Waals surface area contributed by atoms with E-state index in [-0.39, 0.29) is 0 Å². The van der Waals surface area contributed by atoms with Crippen molar-refractivity contribution in [2.75, 3.05) is 0 Å². The minimum Gasteiger partial charge on any atom is -0.248 e. The van der Waals surface area contributed by atoms with Gasteiger partial charge in [-0.2, -0.15) is 0 Å². The van der Waals surface area contributed by atoms with Crippen LogP contribution in [0.2, 0.25) is 0 Å². The first kappa shape index (κ1) is 11.4. The third-order valence-electron chi connectivity index (χ3n) is 2.87. The Bertz CT molecular complexity index is 708. The van der Waals surface area contributed by atoms with Crippen molar-refractivity contribution in [1.82, 2.24) is 9.97 Å². The Labute approximate surface area is 114 Å². The molecule has 2 aromatic carbocycles. The van der Waals surface area contributed by atoms with Crippen LogP contribution in [0.3, 0.4) is 0 Å². The minimum atomic E-state index is 0.911. The number of aromatic nitrogens is 2. The Hall–Kier alpha value is -1.74. The highest BCUT2D eigenvalue weighted by molar-refractivity contribution is 9.10. The van der Waals surface area contributed by atoms with E-state index in [1.54, 1.807) is 0 Å². The number of para-hydroxylation sites is 1. The molecule has 0 aliphatic heterocycles. The van der Waals surface area contributed by atoms with Gasteiger partial charge >= 0.3 is 0 Å². The first-order chi connectivity index (χ1) is 8.75. The first-order valence-electron chi connectivity index (χ1n) is 5.74. The van der Waals surface area contributed by atoms with Gasteiger partial charge in [0, 0.05) is 10.0 Å². The van der Waals surface area contributed by atoms with Crippen LogP contribution in [0.4, 0.5) is 0 Å². The van der Waals surface area contributed by atoms with Crippen LogP contribution >= 0.6 is 15.9 Å². The molecule has 0 saturated heterocycles. The molecule has 0 spiro atoms. The Morgan fingerprint density at radius 1 is 0.889 bits per heavy atom. The lowest BCUT2D eigenvalue weighted by atomic mass is 10.1. The number of benzene rings is 2. The SMILES string of the molecule is Cc1nc2c(Br)cccc2nc1-c1ccccc1. The van der Waals surface area contributed by atoms with Crippen molar-refractivity contribution < 1.29 is 0 Å². The second-order valence-electron chi connectivity index (χ2n) is 4.13. The van der Waals surface area contributed by atoms with E-state index < -0.39 is 0 Å². The highest BCUT2D eigenvalue weighted by Gasteiger charge is 2.08. The van der Waals surface area contributed by atoms with Crippen molar-refractivity contribution in [3.8, 4) is 11.3 Å². The summed E-state index contributed by atoms with van der Waals surface area (Å²) in [5.74, 6) is 0. The molecule has 0 saturated carbocycles. The molecule has 0 bridgehead atoms. The number of rotatable bonds is 1. The summed E-state index contributed by atoms with van der Waals surface area (Å²) in [4.78, 5) is 9.36. The summed E-state index contributed by atoms with van der Waals surface area (Å²) in [5, 5.41) is 0. The van der Waals surface area contributed by atoms with Crippen LogP contribution in [-0.4, -0.2) is 9.97 Å². The highest BCUT2D eigenvalue weighted by Crippen LogP contribution is 2.26. The zero-order valence-electron chi connectivity index (χ0n) is 9.89. The van der Waals surface area contributed by atoms with Crippen LogP contribution < -0.4 is 0 Å². The number of nitrogens with zero attached hydrogens (tertiary/aromatic N) is 2. The molecule has 0 N–H and O–H groups in total. The molecule has 0 atom stereocenters. The van der Waals surface area contributed by atoms with Gasteiger partial charge in [0.15, 0.2) is 0 Å². The van der Waals surface area contributed by atoms with Gasteiger partial charge in [-0.15, -0.1) is 0 Å². The van der Waals surface area contributed by atoms with Gasteiger partial charge < -0.3 is 0 Å². The van der Waals surface area contributed by atoms with Crippen molar-refractivity contribution in [3.63, 3.8) is 0 Å². The first-order valence-corrected chi connectivity index (χ1v) is 6.53. The van der Waals surface area contributed by atoms with E-state index in [0.29, 0.717) is 0 Å². The van der Waals surface area contributed by atoms with Crippen LogP contribution in [-0.2, 0) is 0 Å². The number of hydrogen-bond acceptors (Lipinski definition) is 2. The average Bonchev–Trinajstić information content (AvgIpc) is 2.40. The van der Waals surface area contributed by atoms with Gasteiger partial charge in [0.1, 0.15) is 5.52 Å². The molecule has 1 heterocycles. The summed E-state index contributed by atoms with van der Waals surface area (Å²) in [6, 6.07) is 16.1. The molecule has 88 valence electrons. The zero-order chi connectivity index (χ0) is 12.5. The maximum absolute atomic E-state index is 4.71. The second kappa shape index (κ2) is 4.50. The third kappa shape index (κ3) is 1.91. The maximum atomic E-state index is 4.71. The largest absolute Gasteiger partial charge is 0.248 e. The van der Waals surface area contributed by atoms with E-state index >= 15 is 0 Å². The molecule has 0 amide bonds. The van der Waals surface area contributed by atoms with Gasteiger partial charge in [-0.25, -0.2) is 9.97 Å². The fourth-order valence-electron chi connectivity index (χ4n) is 2.00. The molecule has 0 radical (unpaired) electrons. The summed E-state index contributed by atoms with van der Waals surface area (Å²) in [6.07, 6.45) is 0. The summed E-state index contributed by atoms with van der Waals surface area (Å²) >= 11 is 3.51. The smallest absolute Gasteiger partial charge is 0.103 e. The predicted molar refractivity (Wildman–Crippen MR) is 77.4 cm³/mol. The van der Waals surface area contributed by atoms with Crippen LogP contribution in [0.5, 0.6) is 0 Å². The minimum absolute atomic E-state index is 0.911. The Balaban J connectivity index is 2.29. The van der Waals surface area contributed by atoms with Gasteiger partial charge in [0.05, 0.1) is 16.9 Å². The molecule has 18 heavy (non-hydrogen) atoms. The molecule has 1 aromatic heterocycles. The van der Waals surface area contributed by atoms with Gasteiger partial charge in [-0.1, -0.05) is 36.4 Å². The van der Waals surface area contributed by atoms with E-state index in [0.717, 1.165) is 32.5 Å². The number of aryl methyl sites for hydroxylation is 1. The van der Waals surface area contributed by atoms with E-state index in [4.69, 9.17) is 4.98 Å². The molecule has 0 fully saturated rings. The number of fused-ring (bicyclic) bond motifs is 1. The van der Waals surface area contributed by atoms with E-state index in [2.05, 4.69) is 33.0 Å².